The first kappa shape index (κ1) is 23.7. The number of hydrogen-bond acceptors (Lipinski definition) is 6. The van der Waals surface area contributed by atoms with Crippen LogP contribution in [0.2, 0.25) is 0 Å². The molecule has 1 fully saturated rings. The molecule has 9 heteroatoms. The van der Waals surface area contributed by atoms with Gasteiger partial charge in [-0.15, -0.1) is 5.10 Å². The molecule has 2 N–H and O–H groups in total. The maximum absolute atomic E-state index is 12.7. The largest absolute Gasteiger partial charge is 0.497 e. The molecule has 4 aromatic rings. The number of benzene rings is 2. The summed E-state index contributed by atoms with van der Waals surface area (Å²) >= 11 is 0. The minimum Gasteiger partial charge on any atom is -0.497 e. The standard InChI is InChI=1S/C28H32N6O3/c1-36-22-8-6-19(7-9-22)27-17-34-26(18-37-27)25(31-32-34)16-33-12-10-21(11-13-33)30-28(35)14-20-15-29-24-5-3-2-4-23(20)24/h2-9,15,21,27,29H,10-14,16-18H2,1H3,(H,30,35)/t27-/m0/s1. The summed E-state index contributed by atoms with van der Waals surface area (Å²) in [7, 11) is 1.67. The second-order valence-electron chi connectivity index (χ2n) is 9.89. The summed E-state index contributed by atoms with van der Waals surface area (Å²) in [5.74, 6) is 0.917. The summed E-state index contributed by atoms with van der Waals surface area (Å²) in [6.45, 7) is 3.74. The number of aromatic amines is 1. The van der Waals surface area contributed by atoms with Crippen LogP contribution in [0.1, 0.15) is 41.5 Å². The van der Waals surface area contributed by atoms with Crippen LogP contribution in [-0.4, -0.2) is 57.0 Å². The number of methoxy groups -OCH3 is 1. The van der Waals surface area contributed by atoms with E-state index in [4.69, 9.17) is 9.47 Å². The lowest BCUT2D eigenvalue weighted by molar-refractivity contribution is -0.121. The van der Waals surface area contributed by atoms with Crippen molar-refractivity contribution in [3.05, 3.63) is 77.2 Å². The normalized spacial score (nSPS) is 18.6. The SMILES string of the molecule is COc1ccc([C@@H]2Cn3nnc(CN4CCC(NC(=O)Cc5c[nH]c6ccccc56)CC4)c3CO2)cc1. The first-order valence-electron chi connectivity index (χ1n) is 12.9. The number of para-hydroxylation sites is 1. The summed E-state index contributed by atoms with van der Waals surface area (Å²) in [4.78, 5) is 18.3. The topological polar surface area (TPSA) is 97.3 Å². The van der Waals surface area contributed by atoms with Crippen molar-refractivity contribution in [2.45, 2.75) is 51.1 Å². The maximum Gasteiger partial charge on any atom is 0.224 e. The number of likely N-dealkylation sites (tertiary alicyclic amines) is 1. The summed E-state index contributed by atoms with van der Waals surface area (Å²) in [5, 5.41) is 13.3. The van der Waals surface area contributed by atoms with Gasteiger partial charge in [0.2, 0.25) is 5.91 Å². The van der Waals surface area contributed by atoms with Crippen molar-refractivity contribution in [3.63, 3.8) is 0 Å². The number of rotatable bonds is 7. The molecule has 37 heavy (non-hydrogen) atoms. The van der Waals surface area contributed by atoms with Crippen molar-refractivity contribution in [2.75, 3.05) is 20.2 Å². The Morgan fingerprint density at radius 3 is 2.78 bits per heavy atom. The molecule has 0 unspecified atom stereocenters. The fourth-order valence-corrected chi connectivity index (χ4v) is 5.38. The predicted octanol–water partition coefficient (Wildman–Crippen LogP) is 3.36. The van der Waals surface area contributed by atoms with Crippen molar-refractivity contribution >= 4 is 16.8 Å². The van der Waals surface area contributed by atoms with E-state index in [2.05, 4.69) is 31.6 Å². The summed E-state index contributed by atoms with van der Waals surface area (Å²) in [6.07, 6.45) is 4.15. The van der Waals surface area contributed by atoms with E-state index in [0.717, 1.165) is 71.6 Å². The number of nitrogens with zero attached hydrogens (tertiary/aromatic N) is 4. The van der Waals surface area contributed by atoms with Crippen LogP contribution >= 0.6 is 0 Å². The molecule has 2 aliphatic heterocycles. The number of aromatic nitrogens is 4. The van der Waals surface area contributed by atoms with Gasteiger partial charge in [-0.1, -0.05) is 35.5 Å². The van der Waals surface area contributed by atoms with Gasteiger partial charge in [0, 0.05) is 42.8 Å². The second kappa shape index (κ2) is 10.4. The second-order valence-corrected chi connectivity index (χ2v) is 9.89. The first-order chi connectivity index (χ1) is 18.2. The molecule has 1 amide bonds. The van der Waals surface area contributed by atoms with Crippen LogP contribution in [0.15, 0.2) is 54.7 Å². The van der Waals surface area contributed by atoms with Gasteiger partial charge in [-0.05, 0) is 42.2 Å². The Balaban J connectivity index is 0.994. The Hall–Kier alpha value is -3.69. The van der Waals surface area contributed by atoms with Crippen LogP contribution in [-0.2, 0) is 35.6 Å². The summed E-state index contributed by atoms with van der Waals surface area (Å²) in [5.41, 5.74) is 5.25. The number of hydrogen-bond donors (Lipinski definition) is 2. The van der Waals surface area contributed by atoms with Crippen molar-refractivity contribution in [1.29, 1.82) is 0 Å². The van der Waals surface area contributed by atoms with Crippen LogP contribution in [0, 0.1) is 0 Å². The average Bonchev–Trinajstić information content (AvgIpc) is 3.53. The fraction of sp³-hybridized carbons (Fsp3) is 0.393. The van der Waals surface area contributed by atoms with E-state index in [1.54, 1.807) is 7.11 Å². The Morgan fingerprint density at radius 2 is 1.97 bits per heavy atom. The number of H-pyrrole nitrogens is 1. The molecule has 0 radical (unpaired) electrons. The maximum atomic E-state index is 12.7. The van der Waals surface area contributed by atoms with Crippen LogP contribution in [0.5, 0.6) is 5.75 Å². The minimum atomic E-state index is -0.0448. The van der Waals surface area contributed by atoms with Crippen molar-refractivity contribution in [3.8, 4) is 5.75 Å². The smallest absolute Gasteiger partial charge is 0.224 e. The Kier molecular flexibility index (Phi) is 6.63. The van der Waals surface area contributed by atoms with Gasteiger partial charge >= 0.3 is 0 Å². The molecule has 1 atom stereocenters. The highest BCUT2D eigenvalue weighted by atomic mass is 16.5. The van der Waals surface area contributed by atoms with Crippen molar-refractivity contribution in [2.24, 2.45) is 0 Å². The van der Waals surface area contributed by atoms with Gasteiger partial charge < -0.3 is 19.8 Å². The van der Waals surface area contributed by atoms with Gasteiger partial charge in [0.25, 0.3) is 0 Å². The van der Waals surface area contributed by atoms with Gasteiger partial charge in [0.1, 0.15) is 17.5 Å². The van der Waals surface area contributed by atoms with Gasteiger partial charge in [0.05, 0.1) is 32.4 Å². The molecule has 1 saturated heterocycles. The molecule has 0 spiro atoms. The van der Waals surface area contributed by atoms with Gasteiger partial charge in [-0.2, -0.15) is 0 Å². The number of amides is 1. The third-order valence-corrected chi connectivity index (χ3v) is 7.52. The number of carbonyl (C=O) groups is 1. The molecule has 0 aliphatic carbocycles. The molecule has 2 aromatic heterocycles. The fourth-order valence-electron chi connectivity index (χ4n) is 5.38. The number of ether oxygens (including phenoxy) is 2. The monoisotopic (exact) mass is 500 g/mol. The first-order valence-corrected chi connectivity index (χ1v) is 12.9. The zero-order chi connectivity index (χ0) is 25.2. The van der Waals surface area contributed by atoms with E-state index < -0.39 is 0 Å². The summed E-state index contributed by atoms with van der Waals surface area (Å²) < 4.78 is 13.4. The zero-order valence-electron chi connectivity index (χ0n) is 21.0. The number of fused-ring (bicyclic) bond motifs is 2. The predicted molar refractivity (Wildman–Crippen MR) is 139 cm³/mol. The third kappa shape index (κ3) is 5.10. The average molecular weight is 501 g/mol. The molecule has 6 rings (SSSR count). The van der Waals surface area contributed by atoms with Gasteiger partial charge in [0.15, 0.2) is 0 Å². The molecule has 2 aromatic carbocycles. The lowest BCUT2D eigenvalue weighted by Gasteiger charge is -2.32. The molecule has 0 bridgehead atoms. The molecule has 4 heterocycles. The minimum absolute atomic E-state index is 0.0448. The highest BCUT2D eigenvalue weighted by molar-refractivity contribution is 5.88. The van der Waals surface area contributed by atoms with E-state index >= 15 is 0 Å². The zero-order valence-corrected chi connectivity index (χ0v) is 21.0. The highest BCUT2D eigenvalue weighted by Gasteiger charge is 2.27. The van der Waals surface area contributed by atoms with Crippen molar-refractivity contribution < 1.29 is 14.3 Å². The van der Waals surface area contributed by atoms with Crippen molar-refractivity contribution in [1.82, 2.24) is 30.2 Å². The molecule has 0 saturated carbocycles. The molecular formula is C28H32N6O3. The lowest BCUT2D eigenvalue weighted by atomic mass is 10.0. The molecule has 2 aliphatic rings. The van der Waals surface area contributed by atoms with E-state index in [9.17, 15) is 4.79 Å². The molecule has 9 nitrogen and oxygen atoms in total. The van der Waals surface area contributed by atoms with Crippen LogP contribution < -0.4 is 10.1 Å². The lowest BCUT2D eigenvalue weighted by Crippen LogP contribution is -2.44. The quantitative estimate of drug-likeness (QED) is 0.404. The Labute approximate surface area is 215 Å². The van der Waals surface area contributed by atoms with E-state index in [1.807, 2.05) is 53.3 Å². The number of carbonyl (C=O) groups excluding carboxylic acids is 1. The van der Waals surface area contributed by atoms with E-state index in [0.29, 0.717) is 19.6 Å². The number of piperidine rings is 1. The van der Waals surface area contributed by atoms with Gasteiger partial charge in [-0.25, -0.2) is 4.68 Å². The summed E-state index contributed by atoms with van der Waals surface area (Å²) in [6, 6.07) is 16.3. The molecule has 192 valence electrons. The Bertz CT molecular complexity index is 1370. The van der Waals surface area contributed by atoms with Gasteiger partial charge in [-0.3, -0.25) is 9.69 Å². The third-order valence-electron chi connectivity index (χ3n) is 7.52. The highest BCUT2D eigenvalue weighted by Crippen LogP contribution is 2.29. The van der Waals surface area contributed by atoms with Crippen LogP contribution in [0.25, 0.3) is 10.9 Å². The Morgan fingerprint density at radius 1 is 1.16 bits per heavy atom. The van der Waals surface area contributed by atoms with E-state index in [1.165, 1.54) is 0 Å². The van der Waals surface area contributed by atoms with E-state index in [-0.39, 0.29) is 18.1 Å². The molecular weight excluding hydrogens is 468 g/mol. The number of nitrogens with one attached hydrogen (secondary N) is 2. The van der Waals surface area contributed by atoms with Crippen LogP contribution in [0.3, 0.4) is 0 Å². The van der Waals surface area contributed by atoms with Crippen LogP contribution in [0.4, 0.5) is 0 Å².